The number of nitrogens with zero attached hydrogens (tertiary/aromatic N) is 1. The molecule has 18 heavy (non-hydrogen) atoms. The van der Waals surface area contributed by atoms with Gasteiger partial charge in [-0.1, -0.05) is 23.8 Å². The fraction of sp³-hybridized carbons (Fsp3) is 0.500. The van der Waals surface area contributed by atoms with Crippen LogP contribution in [0.3, 0.4) is 0 Å². The molecule has 0 unspecified atom stereocenters. The van der Waals surface area contributed by atoms with Gasteiger partial charge in [-0.25, -0.2) is 4.98 Å². The average molecular weight is 280 g/mol. The first-order valence-electron chi connectivity index (χ1n) is 6.39. The number of aryl methyl sites for hydroxylation is 1. The lowest BCUT2D eigenvalue weighted by Crippen LogP contribution is -2.00. The van der Waals surface area contributed by atoms with E-state index < -0.39 is 0 Å². The third-order valence-corrected chi connectivity index (χ3v) is 4.52. The Labute approximate surface area is 117 Å². The van der Waals surface area contributed by atoms with E-state index in [1.807, 2.05) is 11.8 Å². The number of unbranched alkanes of at least 4 members (excludes halogenated alkanes) is 2. The Hall–Kier alpha value is -0.740. The summed E-state index contributed by atoms with van der Waals surface area (Å²) in [7, 11) is 0. The molecular formula is C14H20N2S2. The van der Waals surface area contributed by atoms with Crippen molar-refractivity contribution in [3.8, 4) is 0 Å². The van der Waals surface area contributed by atoms with Crippen LogP contribution in [0.5, 0.6) is 0 Å². The predicted molar refractivity (Wildman–Crippen MR) is 85.1 cm³/mol. The molecule has 2 nitrogen and oxygen atoms in total. The van der Waals surface area contributed by atoms with E-state index in [0.29, 0.717) is 0 Å². The molecule has 0 aliphatic heterocycles. The van der Waals surface area contributed by atoms with E-state index in [0.717, 1.165) is 17.2 Å². The summed E-state index contributed by atoms with van der Waals surface area (Å²) < 4.78 is 1.28. The standard InChI is InChI=1S/C14H20N2S2/c1-11-6-7-12-13(10-11)18-14(16-12)15-8-4-3-5-9-17-2/h6-7,10H,3-5,8-9H2,1-2H3,(H,15,16). The number of nitrogens with one attached hydrogen (secondary N) is 1. The van der Waals surface area contributed by atoms with Gasteiger partial charge in [0.1, 0.15) is 0 Å². The van der Waals surface area contributed by atoms with Crippen LogP contribution in [-0.4, -0.2) is 23.5 Å². The summed E-state index contributed by atoms with van der Waals surface area (Å²) in [6.07, 6.45) is 6.02. The number of anilines is 1. The summed E-state index contributed by atoms with van der Waals surface area (Å²) in [6, 6.07) is 6.43. The first-order valence-corrected chi connectivity index (χ1v) is 8.60. The molecule has 0 atom stereocenters. The van der Waals surface area contributed by atoms with E-state index in [1.54, 1.807) is 11.3 Å². The van der Waals surface area contributed by atoms with Crippen LogP contribution >= 0.6 is 23.1 Å². The summed E-state index contributed by atoms with van der Waals surface area (Å²) in [6.45, 7) is 3.16. The van der Waals surface area contributed by atoms with Crippen LogP contribution in [0.1, 0.15) is 24.8 Å². The van der Waals surface area contributed by atoms with Crippen molar-refractivity contribution in [2.75, 3.05) is 23.9 Å². The van der Waals surface area contributed by atoms with E-state index in [9.17, 15) is 0 Å². The van der Waals surface area contributed by atoms with Gasteiger partial charge in [0, 0.05) is 6.54 Å². The van der Waals surface area contributed by atoms with Crippen molar-refractivity contribution in [3.63, 3.8) is 0 Å². The first-order chi connectivity index (χ1) is 8.79. The SMILES string of the molecule is CSCCCCCNc1nc2ccc(C)cc2s1. The van der Waals surface area contributed by atoms with Crippen molar-refractivity contribution in [3.05, 3.63) is 23.8 Å². The maximum Gasteiger partial charge on any atom is 0.183 e. The Kier molecular flexibility index (Phi) is 5.32. The van der Waals surface area contributed by atoms with Gasteiger partial charge in [0.2, 0.25) is 0 Å². The highest BCUT2D eigenvalue weighted by atomic mass is 32.2. The minimum absolute atomic E-state index is 1.03. The molecule has 0 amide bonds. The topological polar surface area (TPSA) is 24.9 Å². The van der Waals surface area contributed by atoms with Gasteiger partial charge in [0.15, 0.2) is 5.13 Å². The molecule has 0 bridgehead atoms. The summed E-state index contributed by atoms with van der Waals surface area (Å²) in [5.41, 5.74) is 2.41. The number of hydrogen-bond donors (Lipinski definition) is 1. The van der Waals surface area contributed by atoms with E-state index in [1.165, 1.54) is 35.3 Å². The maximum atomic E-state index is 4.59. The lowest BCUT2D eigenvalue weighted by molar-refractivity contribution is 0.749. The lowest BCUT2D eigenvalue weighted by Gasteiger charge is -2.01. The summed E-state index contributed by atoms with van der Waals surface area (Å²) in [5, 5.41) is 4.49. The van der Waals surface area contributed by atoms with Gasteiger partial charge in [-0.15, -0.1) is 0 Å². The van der Waals surface area contributed by atoms with Gasteiger partial charge in [-0.2, -0.15) is 11.8 Å². The lowest BCUT2D eigenvalue weighted by atomic mass is 10.2. The highest BCUT2D eigenvalue weighted by Gasteiger charge is 2.02. The van der Waals surface area contributed by atoms with Crippen molar-refractivity contribution in [1.82, 2.24) is 4.98 Å². The van der Waals surface area contributed by atoms with Crippen molar-refractivity contribution < 1.29 is 0 Å². The van der Waals surface area contributed by atoms with Crippen molar-refractivity contribution in [2.24, 2.45) is 0 Å². The van der Waals surface area contributed by atoms with Gasteiger partial charge in [-0.3, -0.25) is 0 Å². The molecular weight excluding hydrogens is 260 g/mol. The number of rotatable bonds is 7. The Bertz CT molecular complexity index is 493. The molecule has 2 rings (SSSR count). The molecule has 0 aliphatic carbocycles. The van der Waals surface area contributed by atoms with Gasteiger partial charge in [-0.05, 0) is 49.5 Å². The Balaban J connectivity index is 1.81. The first kappa shape index (κ1) is 13.7. The molecule has 0 fully saturated rings. The molecule has 1 aromatic heterocycles. The molecule has 2 aromatic rings. The largest absolute Gasteiger partial charge is 0.361 e. The number of hydrogen-bond acceptors (Lipinski definition) is 4. The number of aromatic nitrogens is 1. The van der Waals surface area contributed by atoms with Crippen LogP contribution in [0.25, 0.3) is 10.2 Å². The third-order valence-electron chi connectivity index (χ3n) is 2.85. The highest BCUT2D eigenvalue weighted by Crippen LogP contribution is 2.26. The fourth-order valence-corrected chi connectivity index (χ4v) is 3.33. The van der Waals surface area contributed by atoms with Crippen LogP contribution in [0, 0.1) is 6.92 Å². The predicted octanol–water partition coefficient (Wildman–Crippen LogP) is 4.55. The zero-order valence-electron chi connectivity index (χ0n) is 11.0. The Morgan fingerprint density at radius 3 is 3.00 bits per heavy atom. The summed E-state index contributed by atoms with van der Waals surface area (Å²) in [5.74, 6) is 1.28. The normalized spacial score (nSPS) is 11.0. The second kappa shape index (κ2) is 7.00. The monoisotopic (exact) mass is 280 g/mol. The van der Waals surface area contributed by atoms with Crippen molar-refractivity contribution in [1.29, 1.82) is 0 Å². The molecule has 0 saturated heterocycles. The van der Waals surface area contributed by atoms with Crippen LogP contribution in [0.4, 0.5) is 5.13 Å². The molecule has 98 valence electrons. The second-order valence-electron chi connectivity index (χ2n) is 4.47. The van der Waals surface area contributed by atoms with Gasteiger partial charge < -0.3 is 5.32 Å². The van der Waals surface area contributed by atoms with Gasteiger partial charge in [0.05, 0.1) is 10.2 Å². The van der Waals surface area contributed by atoms with E-state index in [4.69, 9.17) is 0 Å². The Morgan fingerprint density at radius 2 is 2.17 bits per heavy atom. The van der Waals surface area contributed by atoms with Crippen LogP contribution < -0.4 is 5.32 Å². The molecule has 0 radical (unpaired) electrons. The Morgan fingerprint density at radius 1 is 1.28 bits per heavy atom. The molecule has 1 heterocycles. The average Bonchev–Trinajstić information content (AvgIpc) is 2.75. The van der Waals surface area contributed by atoms with Gasteiger partial charge >= 0.3 is 0 Å². The minimum Gasteiger partial charge on any atom is -0.361 e. The summed E-state index contributed by atoms with van der Waals surface area (Å²) >= 11 is 3.68. The fourth-order valence-electron chi connectivity index (χ4n) is 1.85. The van der Waals surface area contributed by atoms with Crippen molar-refractivity contribution in [2.45, 2.75) is 26.2 Å². The van der Waals surface area contributed by atoms with Crippen LogP contribution in [0.2, 0.25) is 0 Å². The van der Waals surface area contributed by atoms with Crippen molar-refractivity contribution >= 4 is 38.4 Å². The molecule has 0 spiro atoms. The van der Waals surface area contributed by atoms with Crippen LogP contribution in [-0.2, 0) is 0 Å². The quantitative estimate of drug-likeness (QED) is 0.753. The highest BCUT2D eigenvalue weighted by molar-refractivity contribution is 7.98. The number of thioether (sulfide) groups is 1. The summed E-state index contributed by atoms with van der Waals surface area (Å²) in [4.78, 5) is 4.59. The van der Waals surface area contributed by atoms with E-state index >= 15 is 0 Å². The van der Waals surface area contributed by atoms with E-state index in [-0.39, 0.29) is 0 Å². The smallest absolute Gasteiger partial charge is 0.183 e. The zero-order valence-corrected chi connectivity index (χ0v) is 12.7. The van der Waals surface area contributed by atoms with Crippen LogP contribution in [0.15, 0.2) is 18.2 Å². The minimum atomic E-state index is 1.03. The van der Waals surface area contributed by atoms with E-state index in [2.05, 4.69) is 41.7 Å². The maximum absolute atomic E-state index is 4.59. The molecule has 4 heteroatoms. The zero-order chi connectivity index (χ0) is 12.8. The molecule has 1 aromatic carbocycles. The third kappa shape index (κ3) is 3.89. The number of benzene rings is 1. The molecule has 0 aliphatic rings. The number of fused-ring (bicyclic) bond motifs is 1. The number of thiazole rings is 1. The molecule has 0 saturated carbocycles. The molecule has 1 N–H and O–H groups in total. The van der Waals surface area contributed by atoms with Gasteiger partial charge in [0.25, 0.3) is 0 Å². The second-order valence-corrected chi connectivity index (χ2v) is 6.49.